The van der Waals surface area contributed by atoms with Gasteiger partial charge in [-0.15, -0.1) is 11.3 Å². The van der Waals surface area contributed by atoms with Gasteiger partial charge in [0.15, 0.2) is 0 Å². The molecular formula is C20H21N3O2S. The standard InChI is InChI=1S/C20H21N3O2S/c24-19(18-2-1-13-26-18)15-8-11-23(12-9-15)20(25)16-5-3-14(4-6-16)17-7-10-21-22-17/h1-7,10,13,15,19,24H,8-9,11-12H2,(H,21,22)/t19-/m0/s1. The lowest BCUT2D eigenvalue weighted by atomic mass is 9.90. The van der Waals surface area contributed by atoms with E-state index in [9.17, 15) is 9.90 Å². The highest BCUT2D eigenvalue weighted by atomic mass is 32.1. The molecule has 1 aliphatic rings. The summed E-state index contributed by atoms with van der Waals surface area (Å²) < 4.78 is 0. The zero-order chi connectivity index (χ0) is 17.9. The van der Waals surface area contributed by atoms with Crippen molar-refractivity contribution in [2.24, 2.45) is 5.92 Å². The first-order valence-corrected chi connectivity index (χ1v) is 9.71. The van der Waals surface area contributed by atoms with Gasteiger partial charge in [-0.1, -0.05) is 18.2 Å². The van der Waals surface area contributed by atoms with Crippen LogP contribution in [0.5, 0.6) is 0 Å². The Kier molecular flexibility index (Phi) is 4.86. The lowest BCUT2D eigenvalue weighted by molar-refractivity contribution is 0.0474. The molecule has 2 aromatic heterocycles. The Hall–Kier alpha value is -2.44. The van der Waals surface area contributed by atoms with Crippen molar-refractivity contribution >= 4 is 17.2 Å². The Balaban J connectivity index is 1.37. The van der Waals surface area contributed by atoms with Crippen LogP contribution >= 0.6 is 11.3 Å². The number of piperidine rings is 1. The largest absolute Gasteiger partial charge is 0.387 e. The molecule has 1 aliphatic heterocycles. The van der Waals surface area contributed by atoms with E-state index in [1.807, 2.05) is 52.7 Å². The molecule has 1 atom stereocenters. The summed E-state index contributed by atoms with van der Waals surface area (Å²) in [6.45, 7) is 1.38. The van der Waals surface area contributed by atoms with E-state index in [-0.39, 0.29) is 11.8 Å². The molecule has 1 fully saturated rings. The van der Waals surface area contributed by atoms with Crippen LogP contribution in [-0.4, -0.2) is 39.2 Å². The molecule has 0 unspecified atom stereocenters. The van der Waals surface area contributed by atoms with Gasteiger partial charge in [0.05, 0.1) is 11.8 Å². The predicted molar refractivity (Wildman–Crippen MR) is 102 cm³/mol. The first kappa shape index (κ1) is 17.0. The fraction of sp³-hybridized carbons (Fsp3) is 0.300. The fourth-order valence-electron chi connectivity index (χ4n) is 3.50. The maximum atomic E-state index is 12.7. The van der Waals surface area contributed by atoms with E-state index in [2.05, 4.69) is 10.2 Å². The molecule has 5 nitrogen and oxygen atoms in total. The maximum Gasteiger partial charge on any atom is 0.253 e. The molecular weight excluding hydrogens is 346 g/mol. The Morgan fingerprint density at radius 3 is 2.58 bits per heavy atom. The van der Waals surface area contributed by atoms with E-state index in [1.165, 1.54) is 0 Å². The second kappa shape index (κ2) is 7.43. The number of thiophene rings is 1. The number of aromatic amines is 1. The predicted octanol–water partition coefficient (Wildman–Crippen LogP) is 3.72. The van der Waals surface area contributed by atoms with Crippen molar-refractivity contribution in [3.8, 4) is 11.3 Å². The van der Waals surface area contributed by atoms with Gasteiger partial charge in [0.2, 0.25) is 0 Å². The van der Waals surface area contributed by atoms with Crippen molar-refractivity contribution in [1.82, 2.24) is 15.1 Å². The Morgan fingerprint density at radius 1 is 1.19 bits per heavy atom. The van der Waals surface area contributed by atoms with Gasteiger partial charge in [0, 0.05) is 29.7 Å². The minimum Gasteiger partial charge on any atom is -0.387 e. The number of amides is 1. The highest BCUT2D eigenvalue weighted by molar-refractivity contribution is 7.10. The smallest absolute Gasteiger partial charge is 0.253 e. The summed E-state index contributed by atoms with van der Waals surface area (Å²) in [7, 11) is 0. The Morgan fingerprint density at radius 2 is 1.96 bits per heavy atom. The van der Waals surface area contributed by atoms with Crippen LogP contribution in [0.1, 0.15) is 34.2 Å². The third-order valence-electron chi connectivity index (χ3n) is 5.05. The second-order valence-electron chi connectivity index (χ2n) is 6.64. The lowest BCUT2D eigenvalue weighted by Gasteiger charge is -2.34. The molecule has 0 saturated carbocycles. The number of nitrogens with one attached hydrogen (secondary N) is 1. The Bertz CT molecular complexity index is 836. The van der Waals surface area contributed by atoms with Crippen molar-refractivity contribution in [1.29, 1.82) is 0 Å². The average molecular weight is 367 g/mol. The molecule has 134 valence electrons. The van der Waals surface area contributed by atoms with E-state index in [4.69, 9.17) is 0 Å². The number of H-pyrrole nitrogens is 1. The first-order valence-electron chi connectivity index (χ1n) is 8.83. The van der Waals surface area contributed by atoms with Crippen molar-refractivity contribution < 1.29 is 9.90 Å². The van der Waals surface area contributed by atoms with Gasteiger partial charge in [0.1, 0.15) is 0 Å². The van der Waals surface area contributed by atoms with E-state index < -0.39 is 6.10 Å². The monoisotopic (exact) mass is 367 g/mol. The van der Waals surface area contributed by atoms with Gasteiger partial charge < -0.3 is 10.0 Å². The van der Waals surface area contributed by atoms with Gasteiger partial charge in [-0.05, 0) is 54.0 Å². The molecule has 0 spiro atoms. The highest BCUT2D eigenvalue weighted by Crippen LogP contribution is 2.33. The van der Waals surface area contributed by atoms with Gasteiger partial charge in [-0.2, -0.15) is 5.10 Å². The number of aromatic nitrogens is 2. The maximum absolute atomic E-state index is 12.7. The van der Waals surface area contributed by atoms with Gasteiger partial charge in [0.25, 0.3) is 5.91 Å². The zero-order valence-corrected chi connectivity index (χ0v) is 15.2. The number of carbonyl (C=O) groups excluding carboxylic acids is 1. The van der Waals surface area contributed by atoms with Crippen molar-refractivity contribution in [3.63, 3.8) is 0 Å². The summed E-state index contributed by atoms with van der Waals surface area (Å²) >= 11 is 1.59. The molecule has 1 saturated heterocycles. The molecule has 2 N–H and O–H groups in total. The summed E-state index contributed by atoms with van der Waals surface area (Å²) in [6.07, 6.45) is 2.96. The van der Waals surface area contributed by atoms with Crippen LogP contribution in [-0.2, 0) is 0 Å². The quantitative estimate of drug-likeness (QED) is 0.738. The van der Waals surface area contributed by atoms with E-state index >= 15 is 0 Å². The number of nitrogens with zero attached hydrogens (tertiary/aromatic N) is 2. The number of benzene rings is 1. The third-order valence-corrected chi connectivity index (χ3v) is 5.99. The van der Waals surface area contributed by atoms with Gasteiger partial charge in [-0.3, -0.25) is 9.89 Å². The number of rotatable bonds is 4. The van der Waals surface area contributed by atoms with Gasteiger partial charge >= 0.3 is 0 Å². The van der Waals surface area contributed by atoms with Crippen LogP contribution in [0.15, 0.2) is 54.0 Å². The average Bonchev–Trinajstić information content (AvgIpc) is 3.41. The normalized spacial score (nSPS) is 16.6. The van der Waals surface area contributed by atoms with Gasteiger partial charge in [-0.25, -0.2) is 0 Å². The number of hydrogen-bond donors (Lipinski definition) is 2. The van der Waals surface area contributed by atoms with Crippen LogP contribution in [0, 0.1) is 5.92 Å². The topological polar surface area (TPSA) is 69.2 Å². The number of carbonyl (C=O) groups is 1. The molecule has 1 amide bonds. The summed E-state index contributed by atoms with van der Waals surface area (Å²) in [4.78, 5) is 15.7. The van der Waals surface area contributed by atoms with E-state index in [1.54, 1.807) is 17.5 Å². The molecule has 4 rings (SSSR count). The van der Waals surface area contributed by atoms with Crippen molar-refractivity contribution in [2.45, 2.75) is 18.9 Å². The SMILES string of the molecule is O=C(c1ccc(-c2ccn[nH]2)cc1)N1CCC([C@H](O)c2cccs2)CC1. The zero-order valence-electron chi connectivity index (χ0n) is 14.3. The molecule has 0 aliphatic carbocycles. The third kappa shape index (κ3) is 3.43. The van der Waals surface area contributed by atoms with Crippen molar-refractivity contribution in [3.05, 3.63) is 64.5 Å². The molecule has 3 aromatic rings. The molecule has 1 aromatic carbocycles. The number of likely N-dealkylation sites (tertiary alicyclic amines) is 1. The molecule has 3 heterocycles. The minimum atomic E-state index is -0.416. The van der Waals surface area contributed by atoms with Crippen LogP contribution in [0.2, 0.25) is 0 Å². The minimum absolute atomic E-state index is 0.0604. The van der Waals surface area contributed by atoms with E-state index in [0.29, 0.717) is 18.7 Å². The molecule has 0 radical (unpaired) electrons. The summed E-state index contributed by atoms with van der Waals surface area (Å²) in [5.74, 6) is 0.283. The van der Waals surface area contributed by atoms with Crippen LogP contribution in [0.4, 0.5) is 0 Å². The van der Waals surface area contributed by atoms with Crippen LogP contribution in [0.25, 0.3) is 11.3 Å². The fourth-order valence-corrected chi connectivity index (χ4v) is 4.31. The Labute approximate surface area is 156 Å². The molecule has 6 heteroatoms. The summed E-state index contributed by atoms with van der Waals surface area (Å²) in [6, 6.07) is 13.5. The molecule has 26 heavy (non-hydrogen) atoms. The lowest BCUT2D eigenvalue weighted by Crippen LogP contribution is -2.39. The molecule has 0 bridgehead atoms. The highest BCUT2D eigenvalue weighted by Gasteiger charge is 2.29. The number of aliphatic hydroxyl groups is 1. The summed E-state index contributed by atoms with van der Waals surface area (Å²) in [5, 5.41) is 19.4. The number of aliphatic hydroxyl groups excluding tert-OH is 1. The van der Waals surface area contributed by atoms with Crippen molar-refractivity contribution in [2.75, 3.05) is 13.1 Å². The summed E-state index contributed by atoms with van der Waals surface area (Å²) in [5.41, 5.74) is 2.65. The van der Waals surface area contributed by atoms with E-state index in [0.717, 1.165) is 29.0 Å². The second-order valence-corrected chi connectivity index (χ2v) is 7.62. The van der Waals surface area contributed by atoms with Crippen LogP contribution in [0.3, 0.4) is 0 Å². The first-order chi connectivity index (χ1) is 12.7. The number of hydrogen-bond acceptors (Lipinski definition) is 4. The van der Waals surface area contributed by atoms with Crippen LogP contribution < -0.4 is 0 Å².